The summed E-state index contributed by atoms with van der Waals surface area (Å²) >= 11 is 6.20. The van der Waals surface area contributed by atoms with Crippen molar-refractivity contribution >= 4 is 29.4 Å². The predicted octanol–water partition coefficient (Wildman–Crippen LogP) is 2.23. The molecule has 140 valence electrons. The number of nitrogens with zero attached hydrogens (tertiary/aromatic N) is 2. The zero-order chi connectivity index (χ0) is 18.8. The Morgan fingerprint density at radius 2 is 1.88 bits per heavy atom. The highest BCUT2D eigenvalue weighted by atomic mass is 35.5. The third-order valence-electron chi connectivity index (χ3n) is 5.36. The van der Waals surface area contributed by atoms with E-state index in [4.69, 9.17) is 16.7 Å². The van der Waals surface area contributed by atoms with Crippen molar-refractivity contribution < 1.29 is 19.5 Å². The molecule has 3 rings (SSSR count). The van der Waals surface area contributed by atoms with Crippen LogP contribution in [0.1, 0.15) is 30.7 Å². The number of hydrogen-bond acceptors (Lipinski definition) is 3. The van der Waals surface area contributed by atoms with Gasteiger partial charge in [-0.25, -0.2) is 0 Å². The SMILES string of the molecule is CN(CC(=O)N1CCC(C(=O)O)CC1)C(=O)[C@H]1C[C@@H]1c1ccccc1Cl. The number of likely N-dealkylation sites (tertiary alicyclic amines) is 1. The molecule has 0 spiro atoms. The maximum absolute atomic E-state index is 12.6. The van der Waals surface area contributed by atoms with E-state index in [1.165, 1.54) is 4.90 Å². The normalized spacial score (nSPS) is 22.8. The quantitative estimate of drug-likeness (QED) is 0.852. The van der Waals surface area contributed by atoms with Gasteiger partial charge in [0.1, 0.15) is 0 Å². The van der Waals surface area contributed by atoms with Crippen molar-refractivity contribution in [1.82, 2.24) is 9.80 Å². The second-order valence-electron chi connectivity index (χ2n) is 7.16. The maximum Gasteiger partial charge on any atom is 0.306 e. The lowest BCUT2D eigenvalue weighted by molar-refractivity contribution is -0.146. The fourth-order valence-corrected chi connectivity index (χ4v) is 3.90. The van der Waals surface area contributed by atoms with E-state index in [0.717, 1.165) is 12.0 Å². The lowest BCUT2D eigenvalue weighted by atomic mass is 9.97. The van der Waals surface area contributed by atoms with Gasteiger partial charge in [0, 0.05) is 31.1 Å². The van der Waals surface area contributed by atoms with Gasteiger partial charge in [-0.2, -0.15) is 0 Å². The average molecular weight is 379 g/mol. The standard InChI is InChI=1S/C19H23ClN2O4/c1-21(11-17(23)22-8-6-12(7-9-22)19(25)26)18(24)15-10-14(15)13-4-2-3-5-16(13)20/h2-5,12,14-15H,6-11H2,1H3,(H,25,26)/t14-,15+/m1/s1. The summed E-state index contributed by atoms with van der Waals surface area (Å²) in [6.07, 6.45) is 1.69. The summed E-state index contributed by atoms with van der Waals surface area (Å²) in [7, 11) is 1.65. The molecule has 1 saturated carbocycles. The van der Waals surface area contributed by atoms with Crippen LogP contribution in [0.4, 0.5) is 0 Å². The number of carboxylic acid groups (broad SMARTS) is 1. The molecule has 1 aromatic carbocycles. The number of likely N-dealkylation sites (N-methyl/N-ethyl adjacent to an activating group) is 1. The van der Waals surface area contributed by atoms with Gasteiger partial charge in [0.15, 0.2) is 0 Å². The van der Waals surface area contributed by atoms with Crippen LogP contribution in [0.15, 0.2) is 24.3 Å². The predicted molar refractivity (Wildman–Crippen MR) is 96.9 cm³/mol. The summed E-state index contributed by atoms with van der Waals surface area (Å²) < 4.78 is 0. The topological polar surface area (TPSA) is 77.9 Å². The first-order valence-electron chi connectivity index (χ1n) is 8.88. The molecule has 2 amide bonds. The molecule has 1 aromatic rings. The van der Waals surface area contributed by atoms with E-state index in [0.29, 0.717) is 31.0 Å². The molecule has 0 aromatic heterocycles. The molecular weight excluding hydrogens is 356 g/mol. The Kier molecular flexibility index (Phi) is 5.51. The zero-order valence-electron chi connectivity index (χ0n) is 14.7. The number of benzene rings is 1. The van der Waals surface area contributed by atoms with Gasteiger partial charge < -0.3 is 14.9 Å². The molecule has 2 atom stereocenters. The fraction of sp³-hybridized carbons (Fsp3) is 0.526. The van der Waals surface area contributed by atoms with Crippen molar-refractivity contribution in [3.63, 3.8) is 0 Å². The summed E-state index contributed by atoms with van der Waals surface area (Å²) in [6.45, 7) is 0.898. The van der Waals surface area contributed by atoms with Gasteiger partial charge in [-0.1, -0.05) is 29.8 Å². The summed E-state index contributed by atoms with van der Waals surface area (Å²) in [5.74, 6) is -1.33. The largest absolute Gasteiger partial charge is 0.481 e. The van der Waals surface area contributed by atoms with Crippen molar-refractivity contribution in [2.75, 3.05) is 26.7 Å². The minimum Gasteiger partial charge on any atom is -0.481 e. The molecular formula is C19H23ClN2O4. The van der Waals surface area contributed by atoms with E-state index in [2.05, 4.69) is 0 Å². The van der Waals surface area contributed by atoms with Gasteiger partial charge in [-0.15, -0.1) is 0 Å². The Bertz CT molecular complexity index is 715. The molecule has 2 aliphatic rings. The minimum absolute atomic E-state index is 0.0301. The summed E-state index contributed by atoms with van der Waals surface area (Å²) in [5.41, 5.74) is 0.989. The number of halogens is 1. The monoisotopic (exact) mass is 378 g/mol. The molecule has 2 fully saturated rings. The van der Waals surface area contributed by atoms with Gasteiger partial charge in [0.05, 0.1) is 12.5 Å². The fourth-order valence-electron chi connectivity index (χ4n) is 3.63. The van der Waals surface area contributed by atoms with Crippen molar-refractivity contribution in [2.45, 2.75) is 25.2 Å². The van der Waals surface area contributed by atoms with Crippen molar-refractivity contribution in [3.05, 3.63) is 34.9 Å². The number of piperidine rings is 1. The molecule has 7 heteroatoms. The van der Waals surface area contributed by atoms with E-state index in [9.17, 15) is 14.4 Å². The van der Waals surface area contributed by atoms with Crippen LogP contribution < -0.4 is 0 Å². The number of carboxylic acids is 1. The molecule has 1 N–H and O–H groups in total. The molecule has 1 aliphatic carbocycles. The minimum atomic E-state index is -0.802. The first-order valence-corrected chi connectivity index (χ1v) is 9.26. The molecule has 0 bridgehead atoms. The van der Waals surface area contributed by atoms with Gasteiger partial charge in [-0.3, -0.25) is 14.4 Å². The highest BCUT2D eigenvalue weighted by Crippen LogP contribution is 2.50. The molecule has 1 aliphatic heterocycles. The van der Waals surface area contributed by atoms with Gasteiger partial charge >= 0.3 is 5.97 Å². The number of rotatable bonds is 5. The van der Waals surface area contributed by atoms with Crippen LogP contribution in [-0.2, 0) is 14.4 Å². The highest BCUT2D eigenvalue weighted by Gasteiger charge is 2.46. The van der Waals surface area contributed by atoms with E-state index < -0.39 is 5.97 Å². The maximum atomic E-state index is 12.6. The molecule has 1 saturated heterocycles. The third-order valence-corrected chi connectivity index (χ3v) is 5.70. The number of carbonyl (C=O) groups excluding carboxylic acids is 2. The van der Waals surface area contributed by atoms with Crippen molar-refractivity contribution in [3.8, 4) is 0 Å². The van der Waals surface area contributed by atoms with E-state index >= 15 is 0 Å². The summed E-state index contributed by atoms with van der Waals surface area (Å²) in [6, 6.07) is 7.54. The lowest BCUT2D eigenvalue weighted by Crippen LogP contribution is -2.45. The number of hydrogen-bond donors (Lipinski definition) is 1. The number of aliphatic carboxylic acids is 1. The van der Waals surface area contributed by atoms with Crippen molar-refractivity contribution in [1.29, 1.82) is 0 Å². The van der Waals surface area contributed by atoms with Crippen LogP contribution in [0.25, 0.3) is 0 Å². The Morgan fingerprint density at radius 1 is 1.23 bits per heavy atom. The van der Waals surface area contributed by atoms with Gasteiger partial charge in [0.2, 0.25) is 11.8 Å². The van der Waals surface area contributed by atoms with Gasteiger partial charge in [-0.05, 0) is 36.8 Å². The van der Waals surface area contributed by atoms with E-state index in [1.54, 1.807) is 11.9 Å². The summed E-state index contributed by atoms with van der Waals surface area (Å²) in [5, 5.41) is 9.70. The van der Waals surface area contributed by atoms with Crippen LogP contribution >= 0.6 is 11.6 Å². The second kappa shape index (κ2) is 7.66. The van der Waals surface area contributed by atoms with E-state index in [1.807, 2.05) is 24.3 Å². The highest BCUT2D eigenvalue weighted by molar-refractivity contribution is 6.31. The van der Waals surface area contributed by atoms with E-state index in [-0.39, 0.29) is 36.1 Å². The molecule has 1 heterocycles. The Balaban J connectivity index is 1.50. The third kappa shape index (κ3) is 4.01. The Morgan fingerprint density at radius 3 is 2.50 bits per heavy atom. The molecule has 26 heavy (non-hydrogen) atoms. The average Bonchev–Trinajstić information content (AvgIpc) is 3.41. The zero-order valence-corrected chi connectivity index (χ0v) is 15.5. The Labute approximate surface area is 157 Å². The molecule has 0 radical (unpaired) electrons. The molecule has 6 nitrogen and oxygen atoms in total. The smallest absolute Gasteiger partial charge is 0.306 e. The van der Waals surface area contributed by atoms with Gasteiger partial charge in [0.25, 0.3) is 0 Å². The lowest BCUT2D eigenvalue weighted by Gasteiger charge is -2.31. The van der Waals surface area contributed by atoms with Crippen LogP contribution in [-0.4, -0.2) is 59.4 Å². The second-order valence-corrected chi connectivity index (χ2v) is 7.56. The van der Waals surface area contributed by atoms with Crippen LogP contribution in [0, 0.1) is 11.8 Å². The van der Waals surface area contributed by atoms with Crippen LogP contribution in [0.5, 0.6) is 0 Å². The first-order chi connectivity index (χ1) is 12.4. The molecule has 0 unspecified atom stereocenters. The summed E-state index contributed by atoms with van der Waals surface area (Å²) in [4.78, 5) is 39.1. The Hall–Kier alpha value is -2.08. The van der Waals surface area contributed by atoms with Crippen molar-refractivity contribution in [2.24, 2.45) is 11.8 Å². The number of carbonyl (C=O) groups is 3. The van der Waals surface area contributed by atoms with Crippen LogP contribution in [0.2, 0.25) is 5.02 Å². The van der Waals surface area contributed by atoms with Crippen LogP contribution in [0.3, 0.4) is 0 Å². The first kappa shape index (κ1) is 18.7. The number of amides is 2.